The predicted octanol–water partition coefficient (Wildman–Crippen LogP) is 1.28. The third-order valence-corrected chi connectivity index (χ3v) is 5.59. The van der Waals surface area contributed by atoms with E-state index in [-0.39, 0.29) is 0 Å². The van der Waals surface area contributed by atoms with Crippen LogP contribution in [0.5, 0.6) is 0 Å². The van der Waals surface area contributed by atoms with Gasteiger partial charge in [0, 0.05) is 30.7 Å². The highest BCUT2D eigenvalue weighted by Gasteiger charge is 2.41. The molecule has 3 heterocycles. The maximum atomic E-state index is 6.12. The quantitative estimate of drug-likeness (QED) is 0.746. The number of nitrogens with two attached hydrogens (primary N) is 1. The average Bonchev–Trinajstić information content (AvgIpc) is 2.55. The first-order valence-electron chi connectivity index (χ1n) is 7.36. The van der Waals surface area contributed by atoms with Gasteiger partial charge < -0.3 is 10.6 Å². The molecule has 0 aromatic heterocycles. The van der Waals surface area contributed by atoms with E-state index in [9.17, 15) is 0 Å². The molecule has 0 radical (unpaired) electrons. The second kappa shape index (κ2) is 4.52. The van der Waals surface area contributed by atoms with Gasteiger partial charge in [0.05, 0.1) is 0 Å². The van der Waals surface area contributed by atoms with Crippen LogP contribution in [-0.4, -0.2) is 54.1 Å². The molecule has 3 nitrogen and oxygen atoms in total. The molecule has 0 aromatic carbocycles. The summed E-state index contributed by atoms with van der Waals surface area (Å²) in [4.78, 5) is 5.38. The Kier molecular flexibility index (Phi) is 3.18. The number of rotatable bonds is 1. The number of piperidine rings is 2. The maximum absolute atomic E-state index is 6.12. The van der Waals surface area contributed by atoms with Crippen molar-refractivity contribution < 1.29 is 0 Å². The van der Waals surface area contributed by atoms with E-state index in [1.54, 1.807) is 0 Å². The fourth-order valence-electron chi connectivity index (χ4n) is 4.21. The van der Waals surface area contributed by atoms with Crippen LogP contribution in [0.3, 0.4) is 0 Å². The standard InChI is InChI=1S/C14H27N3/c1-10-9-17(6-5-14(10)15)13-7-11-3-4-12(8-13)16(11)2/h10-14H,3-9,15H2,1-2H3. The molecule has 3 aliphatic rings. The molecule has 0 aliphatic carbocycles. The lowest BCUT2D eigenvalue weighted by atomic mass is 9.90. The van der Waals surface area contributed by atoms with Gasteiger partial charge in [-0.2, -0.15) is 0 Å². The molecule has 0 saturated carbocycles. The van der Waals surface area contributed by atoms with E-state index in [0.29, 0.717) is 12.0 Å². The second-order valence-electron chi connectivity index (χ2n) is 6.60. The third kappa shape index (κ3) is 2.13. The van der Waals surface area contributed by atoms with Crippen molar-refractivity contribution in [3.05, 3.63) is 0 Å². The fraction of sp³-hybridized carbons (Fsp3) is 1.00. The van der Waals surface area contributed by atoms with E-state index in [1.807, 2.05) is 0 Å². The van der Waals surface area contributed by atoms with Crippen molar-refractivity contribution in [3.8, 4) is 0 Å². The molecule has 0 aromatic rings. The molecular formula is C14H27N3. The van der Waals surface area contributed by atoms with E-state index in [2.05, 4.69) is 23.8 Å². The van der Waals surface area contributed by atoms with E-state index >= 15 is 0 Å². The van der Waals surface area contributed by atoms with E-state index < -0.39 is 0 Å². The lowest BCUT2D eigenvalue weighted by molar-refractivity contribution is 0.0454. The molecule has 0 spiro atoms. The molecule has 98 valence electrons. The van der Waals surface area contributed by atoms with Crippen molar-refractivity contribution in [2.75, 3.05) is 20.1 Å². The summed E-state index contributed by atoms with van der Waals surface area (Å²) in [6.07, 6.45) is 6.86. The van der Waals surface area contributed by atoms with Gasteiger partial charge in [-0.05, 0) is 51.6 Å². The Hall–Kier alpha value is -0.120. The highest BCUT2D eigenvalue weighted by atomic mass is 15.2. The Morgan fingerprint density at radius 1 is 1.00 bits per heavy atom. The predicted molar refractivity (Wildman–Crippen MR) is 70.9 cm³/mol. The van der Waals surface area contributed by atoms with Crippen molar-refractivity contribution in [1.29, 1.82) is 0 Å². The molecule has 2 bridgehead atoms. The van der Waals surface area contributed by atoms with Crippen molar-refractivity contribution in [1.82, 2.24) is 9.80 Å². The molecule has 4 atom stereocenters. The van der Waals surface area contributed by atoms with Crippen LogP contribution in [0, 0.1) is 5.92 Å². The van der Waals surface area contributed by atoms with Gasteiger partial charge in [0.1, 0.15) is 0 Å². The summed E-state index contributed by atoms with van der Waals surface area (Å²) in [6.45, 7) is 4.79. The Morgan fingerprint density at radius 3 is 2.24 bits per heavy atom. The summed E-state index contributed by atoms with van der Waals surface area (Å²) >= 11 is 0. The minimum absolute atomic E-state index is 0.439. The van der Waals surface area contributed by atoms with Crippen LogP contribution >= 0.6 is 0 Å². The maximum Gasteiger partial charge on any atom is 0.0125 e. The number of nitrogens with zero attached hydrogens (tertiary/aromatic N) is 2. The van der Waals surface area contributed by atoms with Gasteiger partial charge in [0.25, 0.3) is 0 Å². The van der Waals surface area contributed by atoms with Gasteiger partial charge in [-0.25, -0.2) is 0 Å². The molecule has 2 N–H and O–H groups in total. The van der Waals surface area contributed by atoms with E-state index in [0.717, 1.165) is 18.1 Å². The van der Waals surface area contributed by atoms with Gasteiger partial charge >= 0.3 is 0 Å². The van der Waals surface area contributed by atoms with Gasteiger partial charge in [0.15, 0.2) is 0 Å². The van der Waals surface area contributed by atoms with Crippen LogP contribution in [-0.2, 0) is 0 Å². The van der Waals surface area contributed by atoms with Crippen LogP contribution in [0.2, 0.25) is 0 Å². The van der Waals surface area contributed by atoms with Crippen molar-refractivity contribution in [2.45, 2.75) is 63.2 Å². The molecular weight excluding hydrogens is 210 g/mol. The largest absolute Gasteiger partial charge is 0.327 e. The van der Waals surface area contributed by atoms with Crippen molar-refractivity contribution >= 4 is 0 Å². The minimum Gasteiger partial charge on any atom is -0.327 e. The highest BCUT2D eigenvalue weighted by molar-refractivity contribution is 4.98. The first-order valence-corrected chi connectivity index (χ1v) is 7.36. The summed E-state index contributed by atoms with van der Waals surface area (Å²) < 4.78 is 0. The first-order chi connectivity index (χ1) is 8.15. The number of fused-ring (bicyclic) bond motifs is 2. The molecule has 3 aliphatic heterocycles. The van der Waals surface area contributed by atoms with Crippen LogP contribution in [0.1, 0.15) is 39.0 Å². The fourth-order valence-corrected chi connectivity index (χ4v) is 4.21. The van der Waals surface area contributed by atoms with Gasteiger partial charge in [-0.15, -0.1) is 0 Å². The smallest absolute Gasteiger partial charge is 0.0125 e. The van der Waals surface area contributed by atoms with Crippen molar-refractivity contribution in [2.24, 2.45) is 11.7 Å². The summed E-state index contributed by atoms with van der Waals surface area (Å²) in [5.41, 5.74) is 6.12. The zero-order valence-corrected chi connectivity index (χ0v) is 11.3. The molecule has 4 unspecified atom stereocenters. The summed E-state index contributed by atoms with van der Waals surface area (Å²) in [6, 6.07) is 3.02. The van der Waals surface area contributed by atoms with E-state index in [1.165, 1.54) is 45.2 Å². The number of likely N-dealkylation sites (tertiary alicyclic amines) is 1. The number of hydrogen-bond donors (Lipinski definition) is 1. The minimum atomic E-state index is 0.439. The lowest BCUT2D eigenvalue weighted by Crippen LogP contribution is -2.54. The SMILES string of the molecule is CC1CN(C2CC3CCC(C2)N3C)CCC1N. The van der Waals surface area contributed by atoms with Gasteiger partial charge in [-0.1, -0.05) is 6.92 Å². The normalized spacial score (nSPS) is 48.5. The van der Waals surface area contributed by atoms with Crippen LogP contribution in [0.15, 0.2) is 0 Å². The van der Waals surface area contributed by atoms with Gasteiger partial charge in [-0.3, -0.25) is 4.90 Å². The average molecular weight is 237 g/mol. The monoisotopic (exact) mass is 237 g/mol. The molecule has 3 rings (SSSR count). The van der Waals surface area contributed by atoms with Crippen LogP contribution in [0.4, 0.5) is 0 Å². The Balaban J connectivity index is 1.63. The molecule has 0 amide bonds. The zero-order chi connectivity index (χ0) is 12.0. The van der Waals surface area contributed by atoms with Crippen molar-refractivity contribution in [3.63, 3.8) is 0 Å². The molecule has 3 saturated heterocycles. The topological polar surface area (TPSA) is 32.5 Å². The zero-order valence-electron chi connectivity index (χ0n) is 11.3. The summed E-state index contributed by atoms with van der Waals surface area (Å²) in [5.74, 6) is 0.682. The summed E-state index contributed by atoms with van der Waals surface area (Å²) in [7, 11) is 2.33. The summed E-state index contributed by atoms with van der Waals surface area (Å²) in [5, 5.41) is 0. The number of hydrogen-bond acceptors (Lipinski definition) is 3. The van der Waals surface area contributed by atoms with Crippen LogP contribution in [0.25, 0.3) is 0 Å². The second-order valence-corrected chi connectivity index (χ2v) is 6.60. The van der Waals surface area contributed by atoms with Crippen LogP contribution < -0.4 is 5.73 Å². The van der Waals surface area contributed by atoms with E-state index in [4.69, 9.17) is 5.73 Å². The molecule has 3 heteroatoms. The third-order valence-electron chi connectivity index (χ3n) is 5.59. The Bertz CT molecular complexity index is 267. The van der Waals surface area contributed by atoms with Gasteiger partial charge in [0.2, 0.25) is 0 Å². The lowest BCUT2D eigenvalue weighted by Gasteiger charge is -2.45. The highest BCUT2D eigenvalue weighted by Crippen LogP contribution is 2.37. The first kappa shape index (κ1) is 11.9. The Labute approximate surface area is 105 Å². The molecule has 17 heavy (non-hydrogen) atoms. The Morgan fingerprint density at radius 2 is 1.65 bits per heavy atom. The molecule has 3 fully saturated rings.